The standard InChI is InChI=1S/C14H21NO2S/c1-10(2)12-6-4-11(5-7-12)8-18-9-13(15)14(16)17-3/h4-7,10,13H,8-9,15H2,1-3H3. The molecule has 0 spiro atoms. The van der Waals surface area contributed by atoms with Crippen molar-refractivity contribution in [3.63, 3.8) is 0 Å². The Hall–Kier alpha value is -1.00. The molecule has 1 aromatic carbocycles. The second-order valence-electron chi connectivity index (χ2n) is 4.54. The van der Waals surface area contributed by atoms with Crippen LogP contribution >= 0.6 is 11.8 Å². The Morgan fingerprint density at radius 3 is 2.44 bits per heavy atom. The van der Waals surface area contributed by atoms with E-state index in [4.69, 9.17) is 5.73 Å². The molecule has 18 heavy (non-hydrogen) atoms. The van der Waals surface area contributed by atoms with Crippen LogP contribution in [0.1, 0.15) is 30.9 Å². The lowest BCUT2D eigenvalue weighted by molar-refractivity contribution is -0.141. The summed E-state index contributed by atoms with van der Waals surface area (Å²) in [4.78, 5) is 11.1. The van der Waals surface area contributed by atoms with Gasteiger partial charge < -0.3 is 10.5 Å². The normalized spacial score (nSPS) is 12.5. The highest BCUT2D eigenvalue weighted by Crippen LogP contribution is 2.18. The molecule has 1 rings (SSSR count). The smallest absolute Gasteiger partial charge is 0.323 e. The summed E-state index contributed by atoms with van der Waals surface area (Å²) in [5, 5.41) is 0. The minimum atomic E-state index is -0.532. The summed E-state index contributed by atoms with van der Waals surface area (Å²) in [5.74, 6) is 1.65. The molecule has 0 saturated carbocycles. The number of thioether (sulfide) groups is 1. The highest BCUT2D eigenvalue weighted by atomic mass is 32.2. The van der Waals surface area contributed by atoms with Gasteiger partial charge in [-0.15, -0.1) is 0 Å². The van der Waals surface area contributed by atoms with Crippen LogP contribution in [0.25, 0.3) is 0 Å². The minimum absolute atomic E-state index is 0.349. The van der Waals surface area contributed by atoms with E-state index in [-0.39, 0.29) is 5.97 Å². The molecule has 2 N–H and O–H groups in total. The predicted molar refractivity (Wildman–Crippen MR) is 76.7 cm³/mol. The van der Waals surface area contributed by atoms with Gasteiger partial charge in [0.1, 0.15) is 6.04 Å². The number of benzene rings is 1. The average Bonchev–Trinajstić information content (AvgIpc) is 2.38. The monoisotopic (exact) mass is 267 g/mol. The number of hydrogen-bond acceptors (Lipinski definition) is 4. The fourth-order valence-electron chi connectivity index (χ4n) is 1.52. The zero-order valence-corrected chi connectivity index (χ0v) is 12.0. The van der Waals surface area contributed by atoms with Gasteiger partial charge in [-0.25, -0.2) is 0 Å². The van der Waals surface area contributed by atoms with E-state index in [1.165, 1.54) is 18.2 Å². The molecule has 0 radical (unpaired) electrons. The van der Waals surface area contributed by atoms with Crippen LogP contribution in [-0.4, -0.2) is 24.9 Å². The van der Waals surface area contributed by atoms with Crippen LogP contribution in [0.5, 0.6) is 0 Å². The Kier molecular flexibility index (Phi) is 6.22. The highest BCUT2D eigenvalue weighted by Gasteiger charge is 2.13. The molecular weight excluding hydrogens is 246 g/mol. The van der Waals surface area contributed by atoms with Crippen LogP contribution in [0.2, 0.25) is 0 Å². The van der Waals surface area contributed by atoms with Gasteiger partial charge in [-0.3, -0.25) is 4.79 Å². The van der Waals surface area contributed by atoms with Gasteiger partial charge in [-0.1, -0.05) is 38.1 Å². The van der Waals surface area contributed by atoms with Crippen LogP contribution in [0, 0.1) is 0 Å². The molecular formula is C14H21NO2S. The molecule has 0 amide bonds. The van der Waals surface area contributed by atoms with E-state index < -0.39 is 6.04 Å². The van der Waals surface area contributed by atoms with Crippen LogP contribution in [-0.2, 0) is 15.3 Å². The zero-order chi connectivity index (χ0) is 13.5. The number of methoxy groups -OCH3 is 1. The van der Waals surface area contributed by atoms with E-state index in [2.05, 4.69) is 42.8 Å². The first kappa shape index (κ1) is 15.1. The summed E-state index contributed by atoms with van der Waals surface area (Å²) < 4.78 is 4.58. The molecule has 0 bridgehead atoms. The molecule has 1 unspecified atom stereocenters. The Morgan fingerprint density at radius 1 is 1.33 bits per heavy atom. The Balaban J connectivity index is 2.38. The van der Waals surface area contributed by atoms with Crippen molar-refractivity contribution in [3.8, 4) is 0 Å². The van der Waals surface area contributed by atoms with E-state index >= 15 is 0 Å². The molecule has 0 heterocycles. The number of esters is 1. The van der Waals surface area contributed by atoms with Crippen molar-refractivity contribution < 1.29 is 9.53 Å². The van der Waals surface area contributed by atoms with Crippen LogP contribution in [0.4, 0.5) is 0 Å². The van der Waals surface area contributed by atoms with Crippen LogP contribution < -0.4 is 5.73 Å². The summed E-state index contributed by atoms with van der Waals surface area (Å²) in [6.45, 7) is 4.36. The number of rotatable bonds is 6. The first-order chi connectivity index (χ1) is 8.54. The van der Waals surface area contributed by atoms with Crippen molar-refractivity contribution in [1.29, 1.82) is 0 Å². The highest BCUT2D eigenvalue weighted by molar-refractivity contribution is 7.98. The average molecular weight is 267 g/mol. The summed E-state index contributed by atoms with van der Waals surface area (Å²) in [7, 11) is 1.36. The fraction of sp³-hybridized carbons (Fsp3) is 0.500. The van der Waals surface area contributed by atoms with E-state index in [9.17, 15) is 4.79 Å². The third kappa shape index (κ3) is 4.70. The number of carbonyl (C=O) groups excluding carboxylic acids is 1. The SMILES string of the molecule is COC(=O)C(N)CSCc1ccc(C(C)C)cc1. The van der Waals surface area contributed by atoms with Crippen molar-refractivity contribution in [3.05, 3.63) is 35.4 Å². The Bertz CT molecular complexity index is 376. The summed E-state index contributed by atoms with van der Waals surface area (Å²) in [5.41, 5.74) is 8.25. The maximum Gasteiger partial charge on any atom is 0.323 e. The molecule has 0 aliphatic heterocycles. The third-order valence-corrected chi connectivity index (χ3v) is 3.85. The molecule has 0 aromatic heterocycles. The lowest BCUT2D eigenvalue weighted by atomic mass is 10.0. The van der Waals surface area contributed by atoms with Gasteiger partial charge in [0.05, 0.1) is 7.11 Å². The van der Waals surface area contributed by atoms with E-state index in [0.717, 1.165) is 5.75 Å². The number of nitrogens with two attached hydrogens (primary N) is 1. The van der Waals surface area contributed by atoms with Crippen LogP contribution in [0.3, 0.4) is 0 Å². The van der Waals surface area contributed by atoms with Crippen molar-refractivity contribution in [2.24, 2.45) is 5.73 Å². The maximum absolute atomic E-state index is 11.1. The van der Waals surface area contributed by atoms with E-state index in [0.29, 0.717) is 11.7 Å². The molecule has 3 nitrogen and oxygen atoms in total. The van der Waals surface area contributed by atoms with Gasteiger partial charge in [0, 0.05) is 11.5 Å². The van der Waals surface area contributed by atoms with Gasteiger partial charge in [-0.2, -0.15) is 11.8 Å². The molecule has 1 aromatic rings. The summed E-state index contributed by atoms with van der Waals surface area (Å²) in [6.07, 6.45) is 0. The number of hydrogen-bond donors (Lipinski definition) is 1. The first-order valence-corrected chi connectivity index (χ1v) is 7.20. The van der Waals surface area contributed by atoms with Crippen molar-refractivity contribution in [2.75, 3.05) is 12.9 Å². The molecule has 0 fully saturated rings. The molecule has 0 aliphatic rings. The van der Waals surface area contributed by atoms with Gasteiger partial charge in [-0.05, 0) is 17.0 Å². The topological polar surface area (TPSA) is 52.3 Å². The van der Waals surface area contributed by atoms with Crippen LogP contribution in [0.15, 0.2) is 24.3 Å². The second-order valence-corrected chi connectivity index (χ2v) is 5.57. The quantitative estimate of drug-likeness (QED) is 0.805. The van der Waals surface area contributed by atoms with Crippen molar-refractivity contribution in [2.45, 2.75) is 31.6 Å². The fourth-order valence-corrected chi connectivity index (χ4v) is 2.46. The first-order valence-electron chi connectivity index (χ1n) is 6.04. The molecule has 0 aliphatic carbocycles. The van der Waals surface area contributed by atoms with E-state index in [1.807, 2.05) is 0 Å². The maximum atomic E-state index is 11.1. The lowest BCUT2D eigenvalue weighted by Gasteiger charge is -2.09. The Labute approximate surface area is 113 Å². The largest absolute Gasteiger partial charge is 0.468 e. The van der Waals surface area contributed by atoms with Gasteiger partial charge in [0.15, 0.2) is 0 Å². The third-order valence-electron chi connectivity index (χ3n) is 2.72. The van der Waals surface area contributed by atoms with E-state index in [1.54, 1.807) is 11.8 Å². The van der Waals surface area contributed by atoms with Crippen molar-refractivity contribution >= 4 is 17.7 Å². The number of carbonyl (C=O) groups is 1. The minimum Gasteiger partial charge on any atom is -0.468 e. The predicted octanol–water partition coefficient (Wildman–Crippen LogP) is 2.54. The summed E-state index contributed by atoms with van der Waals surface area (Å²) >= 11 is 1.65. The molecule has 100 valence electrons. The van der Waals surface area contributed by atoms with Gasteiger partial charge in [0.2, 0.25) is 0 Å². The van der Waals surface area contributed by atoms with Crippen molar-refractivity contribution in [1.82, 2.24) is 0 Å². The van der Waals surface area contributed by atoms with Gasteiger partial charge >= 0.3 is 5.97 Å². The van der Waals surface area contributed by atoms with Gasteiger partial charge in [0.25, 0.3) is 0 Å². The summed E-state index contributed by atoms with van der Waals surface area (Å²) in [6, 6.07) is 8.04. The molecule has 4 heteroatoms. The molecule has 0 saturated heterocycles. The second kappa shape index (κ2) is 7.44. The zero-order valence-electron chi connectivity index (χ0n) is 11.2. The lowest BCUT2D eigenvalue weighted by Crippen LogP contribution is -2.33. The Morgan fingerprint density at radius 2 is 1.94 bits per heavy atom. The molecule has 1 atom stereocenters. The number of ether oxygens (including phenoxy) is 1.